The lowest BCUT2D eigenvalue weighted by Crippen LogP contribution is -2.50. The normalized spacial score (nSPS) is 22.3. The summed E-state index contributed by atoms with van der Waals surface area (Å²) in [6.07, 6.45) is 2.52. The van der Waals surface area contributed by atoms with Crippen molar-refractivity contribution in [2.24, 2.45) is 0 Å². The fraction of sp³-hybridized carbons (Fsp3) is 0.625. The van der Waals surface area contributed by atoms with Crippen LogP contribution in [0.2, 0.25) is 5.02 Å². The van der Waals surface area contributed by atoms with Crippen molar-refractivity contribution in [1.82, 2.24) is 9.88 Å². The topological polar surface area (TPSA) is 60.9 Å². The van der Waals surface area contributed by atoms with Crippen LogP contribution in [0.4, 0.5) is 0 Å². The first-order chi connectivity index (χ1) is 11.2. The van der Waals surface area contributed by atoms with Gasteiger partial charge in [-0.15, -0.1) is 0 Å². The number of hydrogen-bond donors (Lipinski definition) is 0. The van der Waals surface area contributed by atoms with Crippen LogP contribution in [-0.4, -0.2) is 54.5 Å². The number of hydrogen-bond acceptors (Lipinski definition) is 5. The molecule has 3 heterocycles. The number of nitrogens with zero attached hydrogens (tertiary/aromatic N) is 2. The van der Waals surface area contributed by atoms with Gasteiger partial charge < -0.3 is 19.1 Å². The van der Waals surface area contributed by atoms with Crippen LogP contribution in [0.1, 0.15) is 36.7 Å². The van der Waals surface area contributed by atoms with Gasteiger partial charge in [-0.05, 0) is 32.3 Å². The Balaban J connectivity index is 1.83. The van der Waals surface area contributed by atoms with Crippen LogP contribution in [-0.2, 0) is 9.47 Å². The van der Waals surface area contributed by atoms with E-state index < -0.39 is 0 Å². The molecule has 3 rings (SSSR count). The van der Waals surface area contributed by atoms with E-state index in [0.717, 1.165) is 19.3 Å². The third-order valence-corrected chi connectivity index (χ3v) is 4.39. The zero-order valence-corrected chi connectivity index (χ0v) is 13.9. The Morgan fingerprint density at radius 2 is 2.17 bits per heavy atom. The number of carbonyl (C=O) groups excluding carboxylic acids is 1. The van der Waals surface area contributed by atoms with Crippen LogP contribution >= 0.6 is 11.6 Å². The van der Waals surface area contributed by atoms with Crippen molar-refractivity contribution in [2.75, 3.05) is 26.4 Å². The van der Waals surface area contributed by atoms with Gasteiger partial charge in [-0.25, -0.2) is 4.98 Å². The molecule has 0 radical (unpaired) electrons. The first-order valence-corrected chi connectivity index (χ1v) is 8.42. The molecule has 0 bridgehead atoms. The number of aromatic nitrogens is 1. The molecule has 1 amide bonds. The highest BCUT2D eigenvalue weighted by molar-refractivity contribution is 6.33. The second kappa shape index (κ2) is 7.47. The maximum absolute atomic E-state index is 13.0. The molecule has 1 atom stereocenters. The molecule has 126 valence electrons. The molecule has 2 saturated heterocycles. The van der Waals surface area contributed by atoms with Crippen molar-refractivity contribution in [1.29, 1.82) is 0 Å². The highest BCUT2D eigenvalue weighted by Crippen LogP contribution is 2.28. The molecule has 2 fully saturated rings. The van der Waals surface area contributed by atoms with Gasteiger partial charge in [-0.1, -0.05) is 11.6 Å². The summed E-state index contributed by atoms with van der Waals surface area (Å²) in [5.74, 6) is 0.211. The fourth-order valence-electron chi connectivity index (χ4n) is 3.03. The maximum atomic E-state index is 13.0. The quantitative estimate of drug-likeness (QED) is 0.842. The highest BCUT2D eigenvalue weighted by atomic mass is 35.5. The third-order valence-electron chi connectivity index (χ3n) is 4.09. The molecule has 0 N–H and O–H groups in total. The van der Waals surface area contributed by atoms with Crippen LogP contribution in [0.3, 0.4) is 0 Å². The number of amides is 1. The fourth-order valence-corrected chi connectivity index (χ4v) is 3.22. The molecule has 23 heavy (non-hydrogen) atoms. The van der Waals surface area contributed by atoms with Gasteiger partial charge >= 0.3 is 0 Å². The second-order valence-corrected chi connectivity index (χ2v) is 5.99. The van der Waals surface area contributed by atoms with E-state index in [1.54, 1.807) is 17.0 Å². The summed E-state index contributed by atoms with van der Waals surface area (Å²) in [4.78, 5) is 19.0. The number of rotatable bonds is 4. The van der Waals surface area contributed by atoms with Gasteiger partial charge in [0, 0.05) is 12.6 Å². The molecule has 6 nitrogen and oxygen atoms in total. The molecule has 0 aromatic carbocycles. The van der Waals surface area contributed by atoms with E-state index in [-0.39, 0.29) is 23.9 Å². The van der Waals surface area contributed by atoms with Crippen molar-refractivity contribution in [2.45, 2.75) is 38.5 Å². The Hall–Kier alpha value is -1.37. The van der Waals surface area contributed by atoms with E-state index in [1.807, 2.05) is 6.92 Å². The maximum Gasteiger partial charge on any atom is 0.274 e. The Morgan fingerprint density at radius 1 is 1.39 bits per heavy atom. The molecule has 0 spiro atoms. The lowest BCUT2D eigenvalue weighted by atomic mass is 10.0. The zero-order chi connectivity index (χ0) is 16.2. The standard InChI is InChI=1S/C16H21ClN2O4/c1-2-21-13-7-6-11(17)14(18-13)15(20)19-8-4-3-5-12(19)16-22-9-10-23-16/h6-7,12,16H,2-5,8-10H2,1H3. The van der Waals surface area contributed by atoms with E-state index in [4.69, 9.17) is 25.8 Å². The predicted molar refractivity (Wildman–Crippen MR) is 84.8 cm³/mol. The first-order valence-electron chi connectivity index (χ1n) is 8.04. The summed E-state index contributed by atoms with van der Waals surface area (Å²) in [5, 5.41) is 0.330. The first kappa shape index (κ1) is 16.5. The minimum atomic E-state index is -0.354. The Morgan fingerprint density at radius 3 is 2.91 bits per heavy atom. The van der Waals surface area contributed by atoms with Crippen LogP contribution in [0.5, 0.6) is 5.88 Å². The van der Waals surface area contributed by atoms with Crippen molar-refractivity contribution in [3.8, 4) is 5.88 Å². The lowest BCUT2D eigenvalue weighted by Gasteiger charge is -2.37. The van der Waals surface area contributed by atoms with Gasteiger partial charge in [0.15, 0.2) is 12.0 Å². The largest absolute Gasteiger partial charge is 0.478 e. The van der Waals surface area contributed by atoms with E-state index >= 15 is 0 Å². The minimum Gasteiger partial charge on any atom is -0.478 e. The molecule has 0 saturated carbocycles. The van der Waals surface area contributed by atoms with Gasteiger partial charge in [-0.3, -0.25) is 4.79 Å². The molecule has 1 aromatic rings. The summed E-state index contributed by atoms with van der Waals surface area (Å²) >= 11 is 6.19. The minimum absolute atomic E-state index is 0.0904. The number of piperidine rings is 1. The van der Waals surface area contributed by atoms with Crippen LogP contribution < -0.4 is 4.74 Å². The number of likely N-dealkylation sites (tertiary alicyclic amines) is 1. The predicted octanol–water partition coefficient (Wildman–Crippen LogP) is 2.50. The SMILES string of the molecule is CCOc1ccc(Cl)c(C(=O)N2CCCCC2C2OCCO2)n1. The second-order valence-electron chi connectivity index (χ2n) is 5.58. The molecular formula is C16H21ClN2O4. The Kier molecular flexibility index (Phi) is 5.35. The van der Waals surface area contributed by atoms with E-state index in [1.165, 1.54) is 0 Å². The van der Waals surface area contributed by atoms with Crippen LogP contribution in [0, 0.1) is 0 Å². The monoisotopic (exact) mass is 340 g/mol. The lowest BCUT2D eigenvalue weighted by molar-refractivity contribution is -0.100. The van der Waals surface area contributed by atoms with E-state index in [9.17, 15) is 4.79 Å². The van der Waals surface area contributed by atoms with Crippen molar-refractivity contribution < 1.29 is 19.0 Å². The van der Waals surface area contributed by atoms with Gasteiger partial charge in [0.05, 0.1) is 30.9 Å². The number of ether oxygens (including phenoxy) is 3. The molecule has 1 aromatic heterocycles. The Bertz CT molecular complexity index is 563. The molecule has 0 aliphatic carbocycles. The highest BCUT2D eigenvalue weighted by Gasteiger charge is 2.37. The van der Waals surface area contributed by atoms with Crippen LogP contribution in [0.25, 0.3) is 0 Å². The molecule has 1 unspecified atom stereocenters. The summed E-state index contributed by atoms with van der Waals surface area (Å²) in [6.45, 7) is 4.15. The number of pyridine rings is 1. The summed E-state index contributed by atoms with van der Waals surface area (Å²) in [7, 11) is 0. The number of halogens is 1. The van der Waals surface area contributed by atoms with Crippen molar-refractivity contribution >= 4 is 17.5 Å². The summed E-state index contributed by atoms with van der Waals surface area (Å²) < 4.78 is 16.6. The summed E-state index contributed by atoms with van der Waals surface area (Å²) in [5.41, 5.74) is 0.225. The van der Waals surface area contributed by atoms with Gasteiger partial charge in [0.25, 0.3) is 5.91 Å². The smallest absolute Gasteiger partial charge is 0.274 e. The average Bonchev–Trinajstić information content (AvgIpc) is 3.10. The van der Waals surface area contributed by atoms with Crippen LogP contribution in [0.15, 0.2) is 12.1 Å². The van der Waals surface area contributed by atoms with Crippen molar-refractivity contribution in [3.05, 3.63) is 22.8 Å². The molecule has 2 aliphatic heterocycles. The van der Waals surface area contributed by atoms with E-state index in [2.05, 4.69) is 4.98 Å². The van der Waals surface area contributed by atoms with Gasteiger partial charge in [-0.2, -0.15) is 0 Å². The molecular weight excluding hydrogens is 320 g/mol. The molecule has 2 aliphatic rings. The third kappa shape index (κ3) is 3.59. The number of carbonyl (C=O) groups is 1. The van der Waals surface area contributed by atoms with Crippen molar-refractivity contribution in [3.63, 3.8) is 0 Å². The molecule has 7 heteroatoms. The zero-order valence-electron chi connectivity index (χ0n) is 13.2. The Labute approximate surface area is 140 Å². The van der Waals surface area contributed by atoms with Gasteiger partial charge in [0.2, 0.25) is 5.88 Å². The average molecular weight is 341 g/mol. The summed E-state index contributed by atoms with van der Waals surface area (Å²) in [6, 6.07) is 3.22. The van der Waals surface area contributed by atoms with Gasteiger partial charge in [0.1, 0.15) is 0 Å². The van der Waals surface area contributed by atoms with E-state index in [0.29, 0.717) is 37.3 Å².